The average Bonchev–Trinajstić information content (AvgIpc) is 2.84. The van der Waals surface area contributed by atoms with Gasteiger partial charge >= 0.3 is 0 Å². The highest BCUT2D eigenvalue weighted by Crippen LogP contribution is 2.42. The van der Waals surface area contributed by atoms with Gasteiger partial charge in [0, 0.05) is 20.1 Å². The molecule has 2 aromatic carbocycles. The Kier molecular flexibility index (Phi) is 4.06. The molecular formula is C15H9Br2ClN2O. The third kappa shape index (κ3) is 2.73. The van der Waals surface area contributed by atoms with Crippen LogP contribution >= 0.6 is 43.5 Å². The molecule has 106 valence electrons. The SMILES string of the molecule is Nc1noc(-c2cc(Br)ccc2Cl)c1-c1ccccc1Br. The molecule has 0 unspecified atom stereocenters. The number of hydrogen-bond donors (Lipinski definition) is 1. The fraction of sp³-hybridized carbons (Fsp3) is 0. The molecule has 0 fully saturated rings. The van der Waals surface area contributed by atoms with Gasteiger partial charge in [0.05, 0.1) is 10.6 Å². The summed E-state index contributed by atoms with van der Waals surface area (Å²) in [6, 6.07) is 13.3. The van der Waals surface area contributed by atoms with Crippen LogP contribution < -0.4 is 5.73 Å². The van der Waals surface area contributed by atoms with Crippen molar-refractivity contribution in [1.29, 1.82) is 0 Å². The van der Waals surface area contributed by atoms with E-state index in [9.17, 15) is 0 Å². The average molecular weight is 429 g/mol. The molecule has 3 rings (SSSR count). The molecule has 0 spiro atoms. The van der Waals surface area contributed by atoms with Crippen LogP contribution in [-0.4, -0.2) is 5.16 Å². The Hall–Kier alpha value is -1.30. The van der Waals surface area contributed by atoms with Crippen molar-refractivity contribution in [1.82, 2.24) is 5.16 Å². The van der Waals surface area contributed by atoms with E-state index in [1.165, 1.54) is 0 Å². The van der Waals surface area contributed by atoms with Gasteiger partial charge in [-0.25, -0.2) is 0 Å². The largest absolute Gasteiger partial charge is 0.380 e. The van der Waals surface area contributed by atoms with Crippen LogP contribution in [0.4, 0.5) is 5.82 Å². The number of aromatic nitrogens is 1. The minimum absolute atomic E-state index is 0.327. The summed E-state index contributed by atoms with van der Waals surface area (Å²) >= 11 is 13.2. The van der Waals surface area contributed by atoms with Crippen LogP contribution in [0, 0.1) is 0 Å². The number of benzene rings is 2. The van der Waals surface area contributed by atoms with Crippen molar-refractivity contribution in [2.24, 2.45) is 0 Å². The van der Waals surface area contributed by atoms with Crippen LogP contribution in [0.3, 0.4) is 0 Å². The smallest absolute Gasteiger partial charge is 0.178 e. The van der Waals surface area contributed by atoms with Gasteiger partial charge in [0.1, 0.15) is 0 Å². The molecule has 1 aromatic heterocycles. The Morgan fingerprint density at radius 2 is 1.81 bits per heavy atom. The van der Waals surface area contributed by atoms with E-state index in [0.29, 0.717) is 16.6 Å². The lowest BCUT2D eigenvalue weighted by molar-refractivity contribution is 0.436. The monoisotopic (exact) mass is 426 g/mol. The van der Waals surface area contributed by atoms with E-state index in [1.807, 2.05) is 36.4 Å². The van der Waals surface area contributed by atoms with Gasteiger partial charge in [-0.05, 0) is 24.3 Å². The number of nitrogens with two attached hydrogens (primary N) is 1. The van der Waals surface area contributed by atoms with E-state index in [-0.39, 0.29) is 0 Å². The summed E-state index contributed by atoms with van der Waals surface area (Å²) in [5, 5.41) is 4.46. The molecule has 0 radical (unpaired) electrons. The molecule has 21 heavy (non-hydrogen) atoms. The molecule has 0 aliphatic carbocycles. The molecule has 3 nitrogen and oxygen atoms in total. The van der Waals surface area contributed by atoms with E-state index in [2.05, 4.69) is 37.0 Å². The molecule has 0 saturated carbocycles. The zero-order chi connectivity index (χ0) is 15.0. The molecule has 0 bridgehead atoms. The van der Waals surface area contributed by atoms with Crippen LogP contribution in [0.5, 0.6) is 0 Å². The molecule has 0 amide bonds. The van der Waals surface area contributed by atoms with Gasteiger partial charge in [0.25, 0.3) is 0 Å². The van der Waals surface area contributed by atoms with Gasteiger partial charge in [0.15, 0.2) is 11.6 Å². The molecule has 0 aliphatic heterocycles. The fourth-order valence-corrected chi connectivity index (χ4v) is 3.13. The third-order valence-electron chi connectivity index (χ3n) is 3.03. The van der Waals surface area contributed by atoms with Crippen LogP contribution in [0.2, 0.25) is 5.02 Å². The number of hydrogen-bond acceptors (Lipinski definition) is 3. The second-order valence-electron chi connectivity index (χ2n) is 4.38. The third-order valence-corrected chi connectivity index (χ3v) is 4.55. The molecule has 0 saturated heterocycles. The molecular weight excluding hydrogens is 419 g/mol. The summed E-state index contributed by atoms with van der Waals surface area (Å²) < 4.78 is 7.23. The molecule has 0 atom stereocenters. The second-order valence-corrected chi connectivity index (χ2v) is 6.55. The highest BCUT2D eigenvalue weighted by atomic mass is 79.9. The zero-order valence-corrected chi connectivity index (χ0v) is 14.5. The Balaban J connectivity index is 2.27. The number of nitrogen functional groups attached to an aromatic ring is 1. The Morgan fingerprint density at radius 1 is 1.05 bits per heavy atom. The zero-order valence-electron chi connectivity index (χ0n) is 10.6. The summed E-state index contributed by atoms with van der Waals surface area (Å²) in [6.45, 7) is 0. The maximum Gasteiger partial charge on any atom is 0.178 e. The van der Waals surface area contributed by atoms with Crippen molar-refractivity contribution in [2.45, 2.75) is 0 Å². The highest BCUT2D eigenvalue weighted by Gasteiger charge is 2.21. The van der Waals surface area contributed by atoms with Crippen molar-refractivity contribution in [3.05, 3.63) is 56.4 Å². The lowest BCUT2D eigenvalue weighted by atomic mass is 10.0. The summed E-state index contributed by atoms with van der Waals surface area (Å²) in [5.74, 6) is 0.874. The van der Waals surface area contributed by atoms with Gasteiger partial charge in [-0.3, -0.25) is 0 Å². The summed E-state index contributed by atoms with van der Waals surface area (Å²) in [5.41, 5.74) is 8.35. The summed E-state index contributed by atoms with van der Waals surface area (Å²) in [4.78, 5) is 0. The second kappa shape index (κ2) is 5.83. The van der Waals surface area contributed by atoms with Crippen molar-refractivity contribution >= 4 is 49.3 Å². The minimum Gasteiger partial charge on any atom is -0.380 e. The number of halogens is 3. The van der Waals surface area contributed by atoms with Crippen LogP contribution in [0.25, 0.3) is 22.5 Å². The predicted octanol–water partition coefficient (Wildman–Crippen LogP) is 5.77. The molecule has 0 aliphatic rings. The highest BCUT2D eigenvalue weighted by molar-refractivity contribution is 9.10. The maximum atomic E-state index is 6.28. The van der Waals surface area contributed by atoms with Crippen molar-refractivity contribution in [3.8, 4) is 22.5 Å². The van der Waals surface area contributed by atoms with Gasteiger partial charge < -0.3 is 10.3 Å². The lowest BCUT2D eigenvalue weighted by Gasteiger charge is -2.07. The first-order valence-electron chi connectivity index (χ1n) is 6.03. The van der Waals surface area contributed by atoms with E-state index >= 15 is 0 Å². The lowest BCUT2D eigenvalue weighted by Crippen LogP contribution is -1.90. The predicted molar refractivity (Wildman–Crippen MR) is 92.2 cm³/mol. The number of rotatable bonds is 2. The van der Waals surface area contributed by atoms with Crippen LogP contribution in [0.15, 0.2) is 55.9 Å². The first-order valence-corrected chi connectivity index (χ1v) is 8.00. The van der Waals surface area contributed by atoms with E-state index < -0.39 is 0 Å². The van der Waals surface area contributed by atoms with Crippen LogP contribution in [0.1, 0.15) is 0 Å². The molecule has 6 heteroatoms. The van der Waals surface area contributed by atoms with Gasteiger partial charge in [-0.1, -0.05) is 66.8 Å². The fourth-order valence-electron chi connectivity index (χ4n) is 2.08. The van der Waals surface area contributed by atoms with Crippen molar-refractivity contribution < 1.29 is 4.52 Å². The summed E-state index contributed by atoms with van der Waals surface area (Å²) in [7, 11) is 0. The topological polar surface area (TPSA) is 52.0 Å². The minimum atomic E-state index is 0.327. The Morgan fingerprint density at radius 3 is 2.57 bits per heavy atom. The van der Waals surface area contributed by atoms with Crippen molar-refractivity contribution in [3.63, 3.8) is 0 Å². The van der Waals surface area contributed by atoms with Gasteiger partial charge in [0.2, 0.25) is 0 Å². The van der Waals surface area contributed by atoms with Crippen LogP contribution in [-0.2, 0) is 0 Å². The van der Waals surface area contributed by atoms with E-state index in [0.717, 1.165) is 25.6 Å². The standard InChI is InChI=1S/C15H9Br2ClN2O/c16-8-5-6-12(18)10(7-8)14-13(15(19)20-21-14)9-3-1-2-4-11(9)17/h1-7H,(H2,19,20). The van der Waals surface area contributed by atoms with Gasteiger partial charge in [-0.15, -0.1) is 0 Å². The molecule has 2 N–H and O–H groups in total. The summed E-state index contributed by atoms with van der Waals surface area (Å²) in [6.07, 6.45) is 0. The molecule has 3 aromatic rings. The van der Waals surface area contributed by atoms with E-state index in [1.54, 1.807) is 6.07 Å². The Bertz CT molecular complexity index is 817. The number of anilines is 1. The number of nitrogens with zero attached hydrogens (tertiary/aromatic N) is 1. The first-order chi connectivity index (χ1) is 10.1. The maximum absolute atomic E-state index is 6.28. The first kappa shape index (κ1) is 14.6. The normalized spacial score (nSPS) is 10.8. The van der Waals surface area contributed by atoms with E-state index in [4.69, 9.17) is 21.9 Å². The Labute approximate surface area is 143 Å². The molecule has 1 heterocycles. The van der Waals surface area contributed by atoms with Gasteiger partial charge in [-0.2, -0.15) is 0 Å². The quantitative estimate of drug-likeness (QED) is 0.564. The van der Waals surface area contributed by atoms with Crippen molar-refractivity contribution in [2.75, 3.05) is 5.73 Å².